The van der Waals surface area contributed by atoms with Crippen LogP contribution in [0.1, 0.15) is 0 Å². The van der Waals surface area contributed by atoms with Crippen LogP contribution in [0.2, 0.25) is 0 Å². The van der Waals surface area contributed by atoms with E-state index in [1.54, 1.807) is 0 Å². The molecule has 0 saturated carbocycles. The Morgan fingerprint density at radius 3 is 1.84 bits per heavy atom. The van der Waals surface area contributed by atoms with E-state index < -0.39 is 0 Å². The van der Waals surface area contributed by atoms with Gasteiger partial charge in [0.1, 0.15) is 5.82 Å². The number of aromatic nitrogens is 4. The standard InChI is InChI=1S/C39H24N4/c1-2-7-27(8-3-1)43-38-11-5-4-10-37(38)42-39(43)26-14-12-25(13-15-26)34-21-20-33-31-17-16-30-28(29(31)19-23-36(33)41-34)18-22-35-32(30)9-6-24-40-35/h1-24H. The van der Waals surface area contributed by atoms with Crippen molar-refractivity contribution in [2.45, 2.75) is 0 Å². The van der Waals surface area contributed by atoms with Gasteiger partial charge in [-0.2, -0.15) is 0 Å². The van der Waals surface area contributed by atoms with Crippen molar-refractivity contribution in [3.8, 4) is 28.3 Å². The predicted octanol–water partition coefficient (Wildman–Crippen LogP) is 9.76. The van der Waals surface area contributed by atoms with Crippen molar-refractivity contribution in [2.75, 3.05) is 0 Å². The van der Waals surface area contributed by atoms with Gasteiger partial charge in [0.15, 0.2) is 0 Å². The Balaban J connectivity index is 1.13. The van der Waals surface area contributed by atoms with Crippen LogP contribution in [0.3, 0.4) is 0 Å². The second kappa shape index (κ2) is 9.33. The number of imidazole rings is 1. The third-order valence-corrected chi connectivity index (χ3v) is 8.46. The zero-order valence-corrected chi connectivity index (χ0v) is 23.1. The summed E-state index contributed by atoms with van der Waals surface area (Å²) in [6.07, 6.45) is 1.85. The molecule has 0 atom stereocenters. The lowest BCUT2D eigenvalue weighted by Gasteiger charge is -2.11. The lowest BCUT2D eigenvalue weighted by atomic mass is 9.96. The van der Waals surface area contributed by atoms with Gasteiger partial charge in [-0.25, -0.2) is 9.97 Å². The SMILES string of the molecule is c1ccc(-n2c(-c3ccc(-c4ccc5c(ccc6c5ccc5c7cccnc7ccc56)n4)cc3)nc3ccccc32)cc1. The average molecular weight is 549 g/mol. The van der Waals surface area contributed by atoms with Crippen LogP contribution >= 0.6 is 0 Å². The number of rotatable bonds is 3. The van der Waals surface area contributed by atoms with E-state index in [0.29, 0.717) is 0 Å². The first-order valence-electron chi connectivity index (χ1n) is 14.5. The van der Waals surface area contributed by atoms with Gasteiger partial charge in [0.2, 0.25) is 0 Å². The van der Waals surface area contributed by atoms with Crippen LogP contribution in [0.4, 0.5) is 0 Å². The van der Waals surface area contributed by atoms with Crippen LogP contribution in [0.25, 0.3) is 82.7 Å². The normalized spacial score (nSPS) is 11.7. The maximum absolute atomic E-state index is 5.10. The first-order chi connectivity index (χ1) is 21.3. The molecule has 0 aliphatic carbocycles. The molecule has 200 valence electrons. The van der Waals surface area contributed by atoms with Crippen molar-refractivity contribution in [2.24, 2.45) is 0 Å². The molecule has 0 bridgehead atoms. The molecule has 0 unspecified atom stereocenters. The third-order valence-electron chi connectivity index (χ3n) is 8.46. The molecule has 0 radical (unpaired) electrons. The van der Waals surface area contributed by atoms with Crippen molar-refractivity contribution in [3.05, 3.63) is 146 Å². The highest BCUT2D eigenvalue weighted by atomic mass is 15.1. The van der Waals surface area contributed by atoms with Crippen LogP contribution in [0.5, 0.6) is 0 Å². The number of hydrogen-bond donors (Lipinski definition) is 0. The fraction of sp³-hybridized carbons (Fsp3) is 0. The Labute approximate surface area is 247 Å². The van der Waals surface area contributed by atoms with E-state index in [0.717, 1.165) is 55.8 Å². The Bertz CT molecular complexity index is 2490. The Morgan fingerprint density at radius 2 is 1.02 bits per heavy atom. The fourth-order valence-electron chi connectivity index (χ4n) is 6.41. The van der Waals surface area contributed by atoms with Crippen LogP contribution < -0.4 is 0 Å². The van der Waals surface area contributed by atoms with Crippen molar-refractivity contribution >= 4 is 54.4 Å². The molecule has 0 N–H and O–H groups in total. The van der Waals surface area contributed by atoms with E-state index in [2.05, 4.69) is 131 Å². The first-order valence-corrected chi connectivity index (χ1v) is 14.5. The van der Waals surface area contributed by atoms with Crippen molar-refractivity contribution < 1.29 is 0 Å². The summed E-state index contributed by atoms with van der Waals surface area (Å²) >= 11 is 0. The van der Waals surface area contributed by atoms with Gasteiger partial charge in [-0.1, -0.05) is 91.0 Å². The molecule has 0 saturated heterocycles. The van der Waals surface area contributed by atoms with E-state index in [1.807, 2.05) is 24.4 Å². The lowest BCUT2D eigenvalue weighted by Crippen LogP contribution is -1.97. The van der Waals surface area contributed by atoms with Crippen LogP contribution in [0.15, 0.2) is 146 Å². The van der Waals surface area contributed by atoms with Gasteiger partial charge in [-0.3, -0.25) is 9.55 Å². The minimum atomic E-state index is 0.924. The summed E-state index contributed by atoms with van der Waals surface area (Å²) in [5, 5.41) is 7.24. The maximum Gasteiger partial charge on any atom is 0.145 e. The maximum atomic E-state index is 5.10. The fourth-order valence-corrected chi connectivity index (χ4v) is 6.41. The topological polar surface area (TPSA) is 43.6 Å². The molecule has 0 amide bonds. The van der Waals surface area contributed by atoms with Crippen LogP contribution in [-0.4, -0.2) is 19.5 Å². The average Bonchev–Trinajstić information content (AvgIpc) is 3.48. The highest BCUT2D eigenvalue weighted by Gasteiger charge is 2.15. The third kappa shape index (κ3) is 3.74. The van der Waals surface area contributed by atoms with E-state index in [1.165, 1.54) is 26.9 Å². The predicted molar refractivity (Wildman–Crippen MR) is 178 cm³/mol. The van der Waals surface area contributed by atoms with Gasteiger partial charge in [0.25, 0.3) is 0 Å². The molecule has 3 aromatic heterocycles. The van der Waals surface area contributed by atoms with E-state index >= 15 is 0 Å². The summed E-state index contributed by atoms with van der Waals surface area (Å²) in [6.45, 7) is 0. The van der Waals surface area contributed by atoms with E-state index in [9.17, 15) is 0 Å². The highest BCUT2D eigenvalue weighted by molar-refractivity contribution is 6.21. The molecular weight excluding hydrogens is 524 g/mol. The zero-order chi connectivity index (χ0) is 28.3. The van der Waals surface area contributed by atoms with Crippen LogP contribution in [0, 0.1) is 0 Å². The number of para-hydroxylation sites is 3. The van der Waals surface area contributed by atoms with Crippen molar-refractivity contribution in [1.29, 1.82) is 0 Å². The Morgan fingerprint density at radius 1 is 0.395 bits per heavy atom. The minimum absolute atomic E-state index is 0.924. The Kier molecular flexibility index (Phi) is 5.16. The Hall–Kier alpha value is -5.87. The second-order valence-electron chi connectivity index (χ2n) is 10.9. The monoisotopic (exact) mass is 548 g/mol. The summed E-state index contributed by atoms with van der Waals surface area (Å²) in [5.41, 5.74) is 8.26. The van der Waals surface area contributed by atoms with Crippen molar-refractivity contribution in [1.82, 2.24) is 19.5 Å². The van der Waals surface area contributed by atoms with E-state index in [4.69, 9.17) is 9.97 Å². The molecule has 9 aromatic rings. The summed E-state index contributed by atoms with van der Waals surface area (Å²) in [7, 11) is 0. The van der Waals surface area contributed by atoms with Crippen molar-refractivity contribution in [3.63, 3.8) is 0 Å². The zero-order valence-electron chi connectivity index (χ0n) is 23.1. The molecule has 9 rings (SSSR count). The largest absolute Gasteiger partial charge is 0.292 e. The number of nitrogens with zero attached hydrogens (tertiary/aromatic N) is 4. The number of hydrogen-bond acceptors (Lipinski definition) is 3. The molecule has 0 aliphatic heterocycles. The number of fused-ring (bicyclic) bond motifs is 8. The van der Waals surface area contributed by atoms with Gasteiger partial charge in [-0.15, -0.1) is 0 Å². The minimum Gasteiger partial charge on any atom is -0.292 e. The summed E-state index contributed by atoms with van der Waals surface area (Å²) in [6, 6.07) is 48.9. The van der Waals surface area contributed by atoms with Gasteiger partial charge in [0, 0.05) is 33.8 Å². The first kappa shape index (κ1) is 23.8. The molecule has 3 heterocycles. The molecule has 4 nitrogen and oxygen atoms in total. The second-order valence-corrected chi connectivity index (χ2v) is 10.9. The summed E-state index contributed by atoms with van der Waals surface area (Å²) in [4.78, 5) is 14.6. The smallest absolute Gasteiger partial charge is 0.145 e. The summed E-state index contributed by atoms with van der Waals surface area (Å²) in [5.74, 6) is 0.924. The highest BCUT2D eigenvalue weighted by Crippen LogP contribution is 2.35. The number of benzene rings is 6. The lowest BCUT2D eigenvalue weighted by molar-refractivity contribution is 1.10. The molecule has 43 heavy (non-hydrogen) atoms. The van der Waals surface area contributed by atoms with Gasteiger partial charge in [0.05, 0.1) is 27.8 Å². The molecular formula is C39H24N4. The molecule has 0 spiro atoms. The summed E-state index contributed by atoms with van der Waals surface area (Å²) < 4.78 is 2.23. The molecule has 0 fully saturated rings. The number of pyridine rings is 2. The quantitative estimate of drug-likeness (QED) is 0.206. The van der Waals surface area contributed by atoms with Gasteiger partial charge >= 0.3 is 0 Å². The van der Waals surface area contributed by atoms with E-state index in [-0.39, 0.29) is 0 Å². The molecule has 6 aromatic carbocycles. The van der Waals surface area contributed by atoms with Gasteiger partial charge < -0.3 is 0 Å². The van der Waals surface area contributed by atoms with Gasteiger partial charge in [-0.05, 0) is 70.1 Å². The molecule has 0 aliphatic rings. The molecule has 4 heteroatoms. The van der Waals surface area contributed by atoms with Crippen LogP contribution in [-0.2, 0) is 0 Å².